The molecule has 4 rings (SSSR count). The number of halogens is 1. The van der Waals surface area contributed by atoms with Crippen molar-refractivity contribution in [2.75, 3.05) is 6.54 Å². The molecule has 2 unspecified atom stereocenters. The summed E-state index contributed by atoms with van der Waals surface area (Å²) < 4.78 is 15.3. The third-order valence-corrected chi connectivity index (χ3v) is 5.60. The molecule has 1 aliphatic heterocycles. The molecule has 29 heavy (non-hydrogen) atoms. The van der Waals surface area contributed by atoms with Crippen LogP contribution in [0, 0.1) is 11.7 Å². The highest BCUT2D eigenvalue weighted by Crippen LogP contribution is 2.33. The first-order valence-electron chi connectivity index (χ1n) is 10.00. The number of likely N-dealkylation sites (tertiary alicyclic amines) is 1. The SMILES string of the molecule is NC(CC1CC1)C(=O)N1CCCC1C(=O)NCc1cc(F)ccc1-n1cncn1. The summed E-state index contributed by atoms with van der Waals surface area (Å²) >= 11 is 0. The van der Waals surface area contributed by atoms with Crippen LogP contribution in [0.5, 0.6) is 0 Å². The van der Waals surface area contributed by atoms with Gasteiger partial charge in [-0.1, -0.05) is 12.8 Å². The predicted octanol–water partition coefficient (Wildman–Crippen LogP) is 1.14. The van der Waals surface area contributed by atoms with Gasteiger partial charge in [0, 0.05) is 13.1 Å². The van der Waals surface area contributed by atoms with Crippen LogP contribution in [-0.4, -0.2) is 50.1 Å². The first kappa shape index (κ1) is 19.5. The zero-order chi connectivity index (χ0) is 20.4. The Morgan fingerprint density at radius 3 is 2.86 bits per heavy atom. The summed E-state index contributed by atoms with van der Waals surface area (Å²) in [5.74, 6) is -0.249. The van der Waals surface area contributed by atoms with E-state index in [1.54, 1.807) is 11.0 Å². The second kappa shape index (κ2) is 8.28. The van der Waals surface area contributed by atoms with Gasteiger partial charge in [-0.25, -0.2) is 14.1 Å². The second-order valence-electron chi connectivity index (χ2n) is 7.81. The van der Waals surface area contributed by atoms with Gasteiger partial charge in [-0.3, -0.25) is 9.59 Å². The Labute approximate surface area is 168 Å². The van der Waals surface area contributed by atoms with Crippen LogP contribution < -0.4 is 11.1 Å². The lowest BCUT2D eigenvalue weighted by Gasteiger charge is -2.27. The van der Waals surface area contributed by atoms with Gasteiger partial charge in [0.1, 0.15) is 24.5 Å². The van der Waals surface area contributed by atoms with Crippen LogP contribution in [0.4, 0.5) is 4.39 Å². The monoisotopic (exact) mass is 400 g/mol. The molecular weight excluding hydrogens is 375 g/mol. The van der Waals surface area contributed by atoms with Crippen LogP contribution in [0.25, 0.3) is 5.69 Å². The van der Waals surface area contributed by atoms with Gasteiger partial charge in [-0.15, -0.1) is 0 Å². The molecule has 0 radical (unpaired) electrons. The standard InChI is InChI=1S/C20H25FN6O2/c21-15-5-6-17(27-12-23-11-25-27)14(9-15)10-24-19(28)18-2-1-7-26(18)20(29)16(22)8-13-3-4-13/h5-6,9,11-13,16,18H,1-4,7-8,10,22H2,(H,24,28). The van der Waals surface area contributed by atoms with E-state index in [4.69, 9.17) is 5.73 Å². The third-order valence-electron chi connectivity index (χ3n) is 5.60. The van der Waals surface area contributed by atoms with Crippen molar-refractivity contribution in [3.05, 3.63) is 42.2 Å². The Balaban J connectivity index is 1.41. The molecule has 2 atom stereocenters. The van der Waals surface area contributed by atoms with Gasteiger partial charge in [0.15, 0.2) is 0 Å². The van der Waals surface area contributed by atoms with Crippen LogP contribution in [0.3, 0.4) is 0 Å². The van der Waals surface area contributed by atoms with Crippen LogP contribution in [0.1, 0.15) is 37.7 Å². The molecule has 2 aliphatic rings. The quantitative estimate of drug-likeness (QED) is 0.725. The van der Waals surface area contributed by atoms with E-state index in [9.17, 15) is 14.0 Å². The van der Waals surface area contributed by atoms with Crippen LogP contribution in [-0.2, 0) is 16.1 Å². The fraction of sp³-hybridized carbons (Fsp3) is 0.500. The zero-order valence-electron chi connectivity index (χ0n) is 16.1. The van der Waals surface area contributed by atoms with E-state index in [-0.39, 0.29) is 18.4 Å². The first-order valence-corrected chi connectivity index (χ1v) is 10.00. The Hall–Kier alpha value is -2.81. The molecule has 1 saturated heterocycles. The number of benzene rings is 1. The first-order chi connectivity index (χ1) is 14.0. The average Bonchev–Trinajstić information content (AvgIpc) is 3.18. The van der Waals surface area contributed by atoms with Crippen molar-refractivity contribution in [1.29, 1.82) is 0 Å². The van der Waals surface area contributed by atoms with E-state index >= 15 is 0 Å². The highest BCUT2D eigenvalue weighted by Gasteiger charge is 2.37. The molecule has 0 bridgehead atoms. The summed E-state index contributed by atoms with van der Waals surface area (Å²) in [6.07, 6.45) is 7.22. The highest BCUT2D eigenvalue weighted by molar-refractivity contribution is 5.90. The molecule has 2 heterocycles. The second-order valence-corrected chi connectivity index (χ2v) is 7.81. The van der Waals surface area contributed by atoms with Crippen molar-refractivity contribution < 1.29 is 14.0 Å². The van der Waals surface area contributed by atoms with Crippen molar-refractivity contribution in [3.63, 3.8) is 0 Å². The maximum atomic E-state index is 13.8. The lowest BCUT2D eigenvalue weighted by atomic mass is 10.1. The maximum absolute atomic E-state index is 13.8. The average molecular weight is 400 g/mol. The minimum atomic E-state index is -0.543. The molecule has 1 saturated carbocycles. The molecule has 1 aliphatic carbocycles. The number of hydrogen-bond donors (Lipinski definition) is 2. The molecule has 2 fully saturated rings. The van der Waals surface area contributed by atoms with E-state index in [1.807, 2.05) is 0 Å². The van der Waals surface area contributed by atoms with Crippen molar-refractivity contribution in [2.45, 2.75) is 50.7 Å². The smallest absolute Gasteiger partial charge is 0.243 e. The van der Waals surface area contributed by atoms with Gasteiger partial charge in [0.2, 0.25) is 11.8 Å². The number of nitrogens with one attached hydrogen (secondary N) is 1. The van der Waals surface area contributed by atoms with Crippen LogP contribution in [0.15, 0.2) is 30.9 Å². The number of nitrogens with two attached hydrogens (primary N) is 1. The number of carbonyl (C=O) groups is 2. The van der Waals surface area contributed by atoms with E-state index in [0.29, 0.717) is 36.6 Å². The molecule has 1 aromatic carbocycles. The number of nitrogens with zero attached hydrogens (tertiary/aromatic N) is 4. The Kier molecular flexibility index (Phi) is 5.57. The lowest BCUT2D eigenvalue weighted by molar-refractivity contribution is -0.139. The minimum absolute atomic E-state index is 0.123. The van der Waals surface area contributed by atoms with Gasteiger partial charge in [0.25, 0.3) is 0 Å². The number of amides is 2. The largest absolute Gasteiger partial charge is 0.350 e. The number of carbonyl (C=O) groups excluding carboxylic acids is 2. The Morgan fingerprint density at radius 2 is 2.14 bits per heavy atom. The summed E-state index contributed by atoms with van der Waals surface area (Å²) in [6, 6.07) is 3.21. The minimum Gasteiger partial charge on any atom is -0.350 e. The number of rotatable bonds is 7. The molecular formula is C20H25FN6O2. The Bertz CT molecular complexity index is 883. The van der Waals surface area contributed by atoms with E-state index in [0.717, 1.165) is 19.3 Å². The fourth-order valence-electron chi connectivity index (χ4n) is 3.88. The highest BCUT2D eigenvalue weighted by atomic mass is 19.1. The summed E-state index contributed by atoms with van der Waals surface area (Å²) in [5, 5.41) is 6.91. The molecule has 1 aromatic heterocycles. The summed E-state index contributed by atoms with van der Waals surface area (Å²) in [4.78, 5) is 31.0. The van der Waals surface area contributed by atoms with Crippen molar-refractivity contribution in [2.24, 2.45) is 11.7 Å². The third kappa shape index (κ3) is 4.45. The molecule has 3 N–H and O–H groups in total. The van der Waals surface area contributed by atoms with E-state index < -0.39 is 17.9 Å². The summed E-state index contributed by atoms with van der Waals surface area (Å²) in [5.41, 5.74) is 7.28. The van der Waals surface area contributed by atoms with Crippen LogP contribution >= 0.6 is 0 Å². The summed E-state index contributed by atoms with van der Waals surface area (Å²) in [7, 11) is 0. The normalized spacial score (nSPS) is 19.9. The molecule has 0 spiro atoms. The zero-order valence-corrected chi connectivity index (χ0v) is 16.1. The van der Waals surface area contributed by atoms with Gasteiger partial charge in [-0.05, 0) is 48.9 Å². The Morgan fingerprint density at radius 1 is 1.31 bits per heavy atom. The van der Waals surface area contributed by atoms with Gasteiger partial charge in [0.05, 0.1) is 11.7 Å². The molecule has 9 heteroatoms. The topological polar surface area (TPSA) is 106 Å². The maximum Gasteiger partial charge on any atom is 0.243 e. The van der Waals surface area contributed by atoms with Crippen LogP contribution in [0.2, 0.25) is 0 Å². The van der Waals surface area contributed by atoms with Crippen molar-refractivity contribution in [3.8, 4) is 5.69 Å². The summed E-state index contributed by atoms with van der Waals surface area (Å²) in [6.45, 7) is 0.665. The van der Waals surface area contributed by atoms with Gasteiger partial charge >= 0.3 is 0 Å². The van der Waals surface area contributed by atoms with E-state index in [2.05, 4.69) is 15.4 Å². The number of aromatic nitrogens is 3. The fourth-order valence-corrected chi connectivity index (χ4v) is 3.88. The molecule has 2 amide bonds. The van der Waals surface area contributed by atoms with Gasteiger partial charge in [-0.2, -0.15) is 5.10 Å². The van der Waals surface area contributed by atoms with E-state index in [1.165, 1.54) is 29.5 Å². The van der Waals surface area contributed by atoms with Crippen molar-refractivity contribution >= 4 is 11.8 Å². The molecule has 2 aromatic rings. The van der Waals surface area contributed by atoms with Crippen molar-refractivity contribution in [1.82, 2.24) is 25.0 Å². The predicted molar refractivity (Wildman–Crippen MR) is 103 cm³/mol. The molecule has 154 valence electrons. The molecule has 8 nitrogen and oxygen atoms in total. The number of hydrogen-bond acceptors (Lipinski definition) is 5. The lowest BCUT2D eigenvalue weighted by Crippen LogP contribution is -2.51. The van der Waals surface area contributed by atoms with Gasteiger partial charge < -0.3 is 16.0 Å².